The molecule has 0 saturated carbocycles. The average molecular weight is 166 g/mol. The number of methoxy groups -OCH3 is 1. The van der Waals surface area contributed by atoms with Crippen molar-refractivity contribution in [2.24, 2.45) is 5.73 Å². The summed E-state index contributed by atoms with van der Waals surface area (Å²) in [4.78, 5) is 0. The largest absolute Gasteiger partial charge is 0.468 e. The zero-order valence-electron chi connectivity index (χ0n) is 6.78. The first-order valence-electron chi connectivity index (χ1n) is 3.53. The molecule has 12 heavy (non-hydrogen) atoms. The number of nitrogens with zero attached hydrogens (tertiary/aromatic N) is 1. The quantitative estimate of drug-likeness (QED) is 0.732. The Morgan fingerprint density at radius 1 is 1.83 bits per heavy atom. The molecule has 64 valence electrons. The van der Waals surface area contributed by atoms with Gasteiger partial charge in [-0.25, -0.2) is 0 Å². The predicted octanol–water partition coefficient (Wildman–Crippen LogP) is 1.20. The molecule has 0 fully saturated rings. The van der Waals surface area contributed by atoms with Gasteiger partial charge in [0, 0.05) is 6.04 Å². The molecule has 0 saturated heterocycles. The maximum Gasteiger partial charge on any atom is 0.288 e. The molecule has 0 aromatic carbocycles. The van der Waals surface area contributed by atoms with E-state index in [2.05, 4.69) is 0 Å². The smallest absolute Gasteiger partial charge is 0.288 e. The lowest BCUT2D eigenvalue weighted by Gasteiger charge is -2.05. The first-order valence-corrected chi connectivity index (χ1v) is 3.53. The van der Waals surface area contributed by atoms with E-state index in [9.17, 15) is 0 Å². The Hall–Kier alpha value is -1.47. The highest BCUT2D eigenvalue weighted by Crippen LogP contribution is 2.25. The van der Waals surface area contributed by atoms with Crippen molar-refractivity contribution in [2.75, 3.05) is 7.11 Å². The van der Waals surface area contributed by atoms with Crippen LogP contribution in [0, 0.1) is 11.3 Å². The fraction of sp³-hybridized carbons (Fsp3) is 0.375. The third-order valence-corrected chi connectivity index (χ3v) is 1.55. The van der Waals surface area contributed by atoms with E-state index in [1.54, 1.807) is 6.07 Å². The van der Waals surface area contributed by atoms with Gasteiger partial charge < -0.3 is 14.9 Å². The summed E-state index contributed by atoms with van der Waals surface area (Å²) in [5.74, 6) is 0.387. The highest BCUT2D eigenvalue weighted by atomic mass is 16.6. The van der Waals surface area contributed by atoms with Crippen molar-refractivity contribution >= 4 is 0 Å². The van der Waals surface area contributed by atoms with Gasteiger partial charge in [0.05, 0.1) is 31.4 Å². The van der Waals surface area contributed by atoms with Gasteiger partial charge in [-0.15, -0.1) is 0 Å². The molecule has 0 aliphatic rings. The van der Waals surface area contributed by atoms with Crippen LogP contribution in [0.4, 0.5) is 0 Å². The number of ether oxygens (including phenoxy) is 1. The lowest BCUT2D eigenvalue weighted by molar-refractivity contribution is 0.298. The fourth-order valence-corrected chi connectivity index (χ4v) is 0.954. The van der Waals surface area contributed by atoms with Gasteiger partial charge in [0.1, 0.15) is 0 Å². The molecule has 0 aliphatic carbocycles. The van der Waals surface area contributed by atoms with Crippen LogP contribution in [0.5, 0.6) is 5.95 Å². The summed E-state index contributed by atoms with van der Waals surface area (Å²) in [7, 11) is 1.50. The summed E-state index contributed by atoms with van der Waals surface area (Å²) in [5.41, 5.74) is 6.40. The summed E-state index contributed by atoms with van der Waals surface area (Å²) in [6.07, 6.45) is 1.75. The minimum Gasteiger partial charge on any atom is -0.468 e. The molecular formula is C8H10N2O2. The predicted molar refractivity (Wildman–Crippen MR) is 42.4 cm³/mol. The lowest BCUT2D eigenvalue weighted by atomic mass is 10.1. The highest BCUT2D eigenvalue weighted by Gasteiger charge is 2.13. The van der Waals surface area contributed by atoms with Gasteiger partial charge in [-0.3, -0.25) is 0 Å². The van der Waals surface area contributed by atoms with Crippen molar-refractivity contribution in [3.63, 3.8) is 0 Å². The van der Waals surface area contributed by atoms with Gasteiger partial charge in [-0.2, -0.15) is 5.26 Å². The van der Waals surface area contributed by atoms with Crippen LogP contribution < -0.4 is 10.5 Å². The van der Waals surface area contributed by atoms with Crippen molar-refractivity contribution < 1.29 is 9.15 Å². The molecule has 4 nitrogen and oxygen atoms in total. The molecule has 0 radical (unpaired) electrons. The molecule has 0 aliphatic heterocycles. The normalized spacial score (nSPS) is 12.1. The second-order valence-corrected chi connectivity index (χ2v) is 2.34. The molecule has 2 N–H and O–H groups in total. The molecule has 1 aromatic rings. The maximum absolute atomic E-state index is 8.40. The van der Waals surface area contributed by atoms with Gasteiger partial charge in [0.25, 0.3) is 5.95 Å². The van der Waals surface area contributed by atoms with Crippen LogP contribution in [0.3, 0.4) is 0 Å². The Morgan fingerprint density at radius 3 is 3.17 bits per heavy atom. The van der Waals surface area contributed by atoms with E-state index in [0.29, 0.717) is 5.95 Å². The van der Waals surface area contributed by atoms with E-state index in [0.717, 1.165) is 5.56 Å². The first-order chi connectivity index (χ1) is 5.79. The molecule has 1 heterocycles. The van der Waals surface area contributed by atoms with E-state index in [1.165, 1.54) is 13.4 Å². The van der Waals surface area contributed by atoms with Gasteiger partial charge in [-0.05, 0) is 6.07 Å². The van der Waals surface area contributed by atoms with Crippen LogP contribution in [0.15, 0.2) is 16.7 Å². The molecule has 1 rings (SSSR count). The molecule has 1 aromatic heterocycles. The van der Waals surface area contributed by atoms with Crippen LogP contribution in [0.2, 0.25) is 0 Å². The molecule has 1 atom stereocenters. The van der Waals surface area contributed by atoms with Crippen LogP contribution in [0.25, 0.3) is 0 Å². The summed E-state index contributed by atoms with van der Waals surface area (Å²) in [5, 5.41) is 8.40. The zero-order valence-corrected chi connectivity index (χ0v) is 6.78. The minimum absolute atomic E-state index is 0.260. The topological polar surface area (TPSA) is 72.2 Å². The van der Waals surface area contributed by atoms with E-state index >= 15 is 0 Å². The van der Waals surface area contributed by atoms with Gasteiger partial charge >= 0.3 is 0 Å². The summed E-state index contributed by atoms with van der Waals surface area (Å²) < 4.78 is 9.87. The van der Waals surface area contributed by atoms with Crippen molar-refractivity contribution in [2.45, 2.75) is 12.5 Å². The van der Waals surface area contributed by atoms with E-state index in [1.807, 2.05) is 6.07 Å². The number of rotatable bonds is 3. The number of furan rings is 1. The standard InChI is InChI=1S/C8H10N2O2/c1-11-8-6(3-5-12-8)7(10)2-4-9/h3,5,7H,2,10H2,1H3/t7-/m1/s1. The third kappa shape index (κ3) is 1.57. The molecule has 0 amide bonds. The summed E-state index contributed by atoms with van der Waals surface area (Å²) >= 11 is 0. The third-order valence-electron chi connectivity index (χ3n) is 1.55. The summed E-state index contributed by atoms with van der Waals surface area (Å²) in [6, 6.07) is 3.36. The Bertz CT molecular complexity index is 287. The van der Waals surface area contributed by atoms with Crippen molar-refractivity contribution in [3.05, 3.63) is 17.9 Å². The van der Waals surface area contributed by atoms with E-state index in [4.69, 9.17) is 20.1 Å². The van der Waals surface area contributed by atoms with E-state index in [-0.39, 0.29) is 12.5 Å². The number of hydrogen-bond donors (Lipinski definition) is 1. The SMILES string of the molecule is COc1occc1[C@H](N)CC#N. The second-order valence-electron chi connectivity index (χ2n) is 2.34. The van der Waals surface area contributed by atoms with Gasteiger partial charge in [0.2, 0.25) is 0 Å². The van der Waals surface area contributed by atoms with Gasteiger partial charge in [-0.1, -0.05) is 0 Å². The molecule has 0 spiro atoms. The van der Waals surface area contributed by atoms with Crippen LogP contribution in [-0.2, 0) is 0 Å². The zero-order chi connectivity index (χ0) is 8.97. The Labute approximate surface area is 70.5 Å². The number of nitriles is 1. The molecular weight excluding hydrogens is 156 g/mol. The highest BCUT2D eigenvalue weighted by molar-refractivity contribution is 5.26. The number of nitrogens with two attached hydrogens (primary N) is 1. The molecule has 4 heteroatoms. The lowest BCUT2D eigenvalue weighted by Crippen LogP contribution is -2.09. The molecule has 0 bridgehead atoms. The Kier molecular flexibility index (Phi) is 2.72. The summed E-state index contributed by atoms with van der Waals surface area (Å²) in [6.45, 7) is 0. The monoisotopic (exact) mass is 166 g/mol. The maximum atomic E-state index is 8.40. The van der Waals surface area contributed by atoms with Crippen molar-refractivity contribution in [1.29, 1.82) is 5.26 Å². The van der Waals surface area contributed by atoms with Crippen LogP contribution in [0.1, 0.15) is 18.0 Å². The Balaban J connectivity index is 2.80. The van der Waals surface area contributed by atoms with Crippen LogP contribution >= 0.6 is 0 Å². The number of hydrogen-bond acceptors (Lipinski definition) is 4. The van der Waals surface area contributed by atoms with Crippen molar-refractivity contribution in [1.82, 2.24) is 0 Å². The van der Waals surface area contributed by atoms with Gasteiger partial charge in [0.15, 0.2) is 0 Å². The van der Waals surface area contributed by atoms with Crippen LogP contribution in [-0.4, -0.2) is 7.11 Å². The average Bonchev–Trinajstić information content (AvgIpc) is 2.51. The van der Waals surface area contributed by atoms with E-state index < -0.39 is 0 Å². The van der Waals surface area contributed by atoms with Crippen molar-refractivity contribution in [3.8, 4) is 12.0 Å². The first kappa shape index (κ1) is 8.62. The Morgan fingerprint density at radius 2 is 2.58 bits per heavy atom. The second kappa shape index (κ2) is 3.79. The minimum atomic E-state index is -0.330. The fourth-order valence-electron chi connectivity index (χ4n) is 0.954. The molecule has 0 unspecified atom stereocenters.